The number of esters is 1. The van der Waals surface area contributed by atoms with E-state index < -0.39 is 36.6 Å². The lowest BCUT2D eigenvalue weighted by atomic mass is 9.96. The second-order valence-electron chi connectivity index (χ2n) is 4.49. The van der Waals surface area contributed by atoms with Crippen molar-refractivity contribution in [2.45, 2.75) is 24.5 Å². The molecule has 2 heterocycles. The molecule has 0 amide bonds. The Morgan fingerprint density at radius 3 is 2.55 bits per heavy atom. The number of hydrogen-bond donors (Lipinski definition) is 0. The predicted molar refractivity (Wildman–Crippen MR) is 64.5 cm³/mol. The minimum Gasteiger partial charge on any atom is -0.451 e. The van der Waals surface area contributed by atoms with E-state index in [1.807, 2.05) is 0 Å². The molecule has 1 aromatic carbocycles. The highest BCUT2D eigenvalue weighted by molar-refractivity contribution is 5.83. The molecule has 3 rings (SSSR count). The van der Waals surface area contributed by atoms with Gasteiger partial charge in [0.1, 0.15) is 0 Å². The molecule has 0 radical (unpaired) electrons. The maximum absolute atomic E-state index is 14.5. The van der Waals surface area contributed by atoms with Crippen molar-refractivity contribution in [3.8, 4) is 0 Å². The fourth-order valence-electron chi connectivity index (χ4n) is 2.25. The highest BCUT2D eigenvalue weighted by atomic mass is 19.1. The third-order valence-corrected chi connectivity index (χ3v) is 3.19. The van der Waals surface area contributed by atoms with Crippen LogP contribution in [0, 0.1) is 0 Å². The third kappa shape index (κ3) is 2.24. The average Bonchev–Trinajstić information content (AvgIpc) is 2.47. The molecule has 0 saturated carbocycles. The molecule has 1 aromatic rings. The molecular weight excluding hydrogens is 267 g/mol. The number of fused-ring (bicyclic) bond motifs is 1. The van der Waals surface area contributed by atoms with Crippen LogP contribution in [0.4, 0.5) is 9.18 Å². The van der Waals surface area contributed by atoms with E-state index in [1.165, 1.54) is 6.08 Å². The number of benzene rings is 1. The summed E-state index contributed by atoms with van der Waals surface area (Å²) in [5, 5.41) is 0. The topological polar surface area (TPSA) is 61.8 Å². The third-order valence-electron chi connectivity index (χ3n) is 3.19. The summed E-state index contributed by atoms with van der Waals surface area (Å²) in [6.07, 6.45) is -3.08. The van der Waals surface area contributed by atoms with Gasteiger partial charge in [0, 0.05) is 6.08 Å². The highest BCUT2D eigenvalue weighted by Crippen LogP contribution is 2.33. The van der Waals surface area contributed by atoms with Crippen molar-refractivity contribution in [1.29, 1.82) is 0 Å². The van der Waals surface area contributed by atoms with E-state index in [1.54, 1.807) is 30.3 Å². The van der Waals surface area contributed by atoms with E-state index in [0.29, 0.717) is 5.56 Å². The van der Waals surface area contributed by atoms with Crippen LogP contribution in [0.15, 0.2) is 42.5 Å². The van der Waals surface area contributed by atoms with Gasteiger partial charge in [-0.25, -0.2) is 14.0 Å². The number of rotatable bonds is 2. The standard InChI is InChI=1S/C14H11FO5/c15-11(8-4-2-1-3-5-8)13-12-9(18-14(17)20-13)6-7-10(16)19-12/h1-7,9,11-13H/t9-,11+,12+,13-/m0/s1. The Morgan fingerprint density at radius 1 is 1.05 bits per heavy atom. The summed E-state index contributed by atoms with van der Waals surface area (Å²) in [5.74, 6) is -0.613. The van der Waals surface area contributed by atoms with Crippen LogP contribution in [0.25, 0.3) is 0 Å². The molecule has 0 unspecified atom stereocenters. The highest BCUT2D eigenvalue weighted by Gasteiger charge is 2.47. The van der Waals surface area contributed by atoms with Gasteiger partial charge in [-0.05, 0) is 11.6 Å². The van der Waals surface area contributed by atoms with Crippen molar-refractivity contribution in [2.24, 2.45) is 0 Å². The van der Waals surface area contributed by atoms with Gasteiger partial charge in [-0.15, -0.1) is 0 Å². The van der Waals surface area contributed by atoms with Gasteiger partial charge in [-0.2, -0.15) is 0 Å². The van der Waals surface area contributed by atoms with Gasteiger partial charge in [-0.3, -0.25) is 0 Å². The smallest absolute Gasteiger partial charge is 0.451 e. The predicted octanol–water partition coefficient (Wildman–Crippen LogP) is 2.08. The Hall–Kier alpha value is -2.37. The van der Waals surface area contributed by atoms with Crippen molar-refractivity contribution in [1.82, 2.24) is 0 Å². The van der Waals surface area contributed by atoms with Crippen LogP contribution in [-0.2, 0) is 19.0 Å². The van der Waals surface area contributed by atoms with Crippen LogP contribution in [0.1, 0.15) is 11.7 Å². The molecule has 0 aliphatic carbocycles. The van der Waals surface area contributed by atoms with E-state index in [9.17, 15) is 14.0 Å². The lowest BCUT2D eigenvalue weighted by molar-refractivity contribution is -0.183. The quantitative estimate of drug-likeness (QED) is 0.775. The molecule has 5 nitrogen and oxygen atoms in total. The number of halogens is 1. The number of cyclic esters (lactones) is 1. The monoisotopic (exact) mass is 278 g/mol. The molecule has 0 aromatic heterocycles. The second kappa shape index (κ2) is 4.96. The lowest BCUT2D eigenvalue weighted by Gasteiger charge is -2.37. The van der Waals surface area contributed by atoms with Crippen LogP contribution in [0.3, 0.4) is 0 Å². The van der Waals surface area contributed by atoms with Crippen molar-refractivity contribution in [3.05, 3.63) is 48.0 Å². The molecule has 1 saturated heterocycles. The van der Waals surface area contributed by atoms with Gasteiger partial charge < -0.3 is 14.2 Å². The molecule has 104 valence electrons. The maximum Gasteiger partial charge on any atom is 0.509 e. The van der Waals surface area contributed by atoms with Crippen molar-refractivity contribution in [3.63, 3.8) is 0 Å². The fourth-order valence-corrected chi connectivity index (χ4v) is 2.25. The Balaban J connectivity index is 1.89. The molecular formula is C14H11FO5. The van der Waals surface area contributed by atoms with Gasteiger partial charge in [-0.1, -0.05) is 30.3 Å². The summed E-state index contributed by atoms with van der Waals surface area (Å²) in [6, 6.07) is 8.24. The molecule has 2 aliphatic rings. The number of alkyl halides is 1. The van der Waals surface area contributed by atoms with Gasteiger partial charge in [0.15, 0.2) is 24.5 Å². The largest absolute Gasteiger partial charge is 0.509 e. The van der Waals surface area contributed by atoms with E-state index >= 15 is 0 Å². The van der Waals surface area contributed by atoms with Crippen LogP contribution in [-0.4, -0.2) is 30.4 Å². The number of carbonyl (C=O) groups excluding carboxylic acids is 2. The number of hydrogen-bond acceptors (Lipinski definition) is 5. The first kappa shape index (κ1) is 12.7. The zero-order valence-electron chi connectivity index (χ0n) is 10.3. The Kier molecular flexibility index (Phi) is 3.14. The Bertz CT molecular complexity index is 556. The zero-order valence-corrected chi connectivity index (χ0v) is 10.3. The molecule has 0 bridgehead atoms. The van der Waals surface area contributed by atoms with Gasteiger partial charge >= 0.3 is 12.1 Å². The van der Waals surface area contributed by atoms with E-state index in [4.69, 9.17) is 14.2 Å². The summed E-state index contributed by atoms with van der Waals surface area (Å²) in [4.78, 5) is 22.6. The zero-order chi connectivity index (χ0) is 14.1. The number of ether oxygens (including phenoxy) is 3. The Labute approximate surface area is 113 Å². The molecule has 20 heavy (non-hydrogen) atoms. The van der Waals surface area contributed by atoms with Crippen LogP contribution >= 0.6 is 0 Å². The first-order valence-corrected chi connectivity index (χ1v) is 6.10. The first-order valence-electron chi connectivity index (χ1n) is 6.10. The number of carbonyl (C=O) groups is 2. The van der Waals surface area contributed by atoms with Gasteiger partial charge in [0.2, 0.25) is 0 Å². The summed E-state index contributed by atoms with van der Waals surface area (Å²) in [5.41, 5.74) is 0.344. The lowest BCUT2D eigenvalue weighted by Crippen LogP contribution is -2.52. The van der Waals surface area contributed by atoms with Crippen molar-refractivity contribution in [2.75, 3.05) is 0 Å². The molecule has 6 heteroatoms. The normalized spacial score (nSPS) is 29.8. The summed E-state index contributed by atoms with van der Waals surface area (Å²) in [6.45, 7) is 0. The van der Waals surface area contributed by atoms with E-state index in [2.05, 4.69) is 0 Å². The van der Waals surface area contributed by atoms with E-state index in [0.717, 1.165) is 6.08 Å². The molecule has 4 atom stereocenters. The fraction of sp³-hybridized carbons (Fsp3) is 0.286. The summed E-state index contributed by atoms with van der Waals surface area (Å²) in [7, 11) is 0. The van der Waals surface area contributed by atoms with Crippen LogP contribution in [0.2, 0.25) is 0 Å². The maximum atomic E-state index is 14.5. The second-order valence-corrected chi connectivity index (χ2v) is 4.49. The minimum absolute atomic E-state index is 0.344. The molecule has 1 fully saturated rings. The first-order chi connectivity index (χ1) is 9.65. The summed E-state index contributed by atoms with van der Waals surface area (Å²) >= 11 is 0. The van der Waals surface area contributed by atoms with Crippen LogP contribution < -0.4 is 0 Å². The molecule has 2 aliphatic heterocycles. The average molecular weight is 278 g/mol. The Morgan fingerprint density at radius 2 is 1.80 bits per heavy atom. The van der Waals surface area contributed by atoms with Crippen molar-refractivity contribution >= 4 is 12.1 Å². The SMILES string of the molecule is O=C1C=C[C@@H]2OC(=O)O[C@@H]([C@H](F)c3ccccc3)[C@@H]2O1. The van der Waals surface area contributed by atoms with Gasteiger partial charge in [0.05, 0.1) is 0 Å². The van der Waals surface area contributed by atoms with Gasteiger partial charge in [0.25, 0.3) is 0 Å². The molecule has 0 N–H and O–H groups in total. The minimum atomic E-state index is -1.60. The molecule has 0 spiro atoms. The van der Waals surface area contributed by atoms with Crippen molar-refractivity contribution < 1.29 is 28.2 Å². The summed E-state index contributed by atoms with van der Waals surface area (Å²) < 4.78 is 29.3. The van der Waals surface area contributed by atoms with Crippen LogP contribution in [0.5, 0.6) is 0 Å². The van der Waals surface area contributed by atoms with E-state index in [-0.39, 0.29) is 0 Å².